The molecule has 0 saturated carbocycles. The third-order valence-electron chi connectivity index (χ3n) is 6.23. The average molecular weight is 481 g/mol. The van der Waals surface area contributed by atoms with Crippen molar-refractivity contribution in [2.45, 2.75) is 26.2 Å². The first-order chi connectivity index (χ1) is 16.9. The number of fused-ring (bicyclic) bond motifs is 1. The van der Waals surface area contributed by atoms with Gasteiger partial charge in [-0.05, 0) is 49.6 Å². The van der Waals surface area contributed by atoms with E-state index in [1.165, 1.54) is 0 Å². The molecule has 0 radical (unpaired) electrons. The van der Waals surface area contributed by atoms with E-state index in [0.717, 1.165) is 48.3 Å². The molecule has 9 heteroatoms. The van der Waals surface area contributed by atoms with E-state index in [1.54, 1.807) is 13.4 Å². The lowest BCUT2D eigenvalue weighted by Gasteiger charge is -2.27. The molecule has 0 aliphatic carbocycles. The largest absolute Gasteiger partial charge is 0.495 e. The summed E-state index contributed by atoms with van der Waals surface area (Å²) in [4.78, 5) is 4.26. The summed E-state index contributed by atoms with van der Waals surface area (Å²) in [5.74, 6) is -2.01. The second-order valence-corrected chi connectivity index (χ2v) is 8.60. The molecule has 0 saturated heterocycles. The number of ether oxygens (including phenoxy) is 1. The highest BCUT2D eigenvalue weighted by molar-refractivity contribution is 5.99. The molecule has 35 heavy (non-hydrogen) atoms. The van der Waals surface area contributed by atoms with Crippen molar-refractivity contribution in [2.75, 3.05) is 13.7 Å². The van der Waals surface area contributed by atoms with Gasteiger partial charge in [0, 0.05) is 24.8 Å². The second-order valence-electron chi connectivity index (χ2n) is 8.60. The van der Waals surface area contributed by atoms with Gasteiger partial charge in [-0.3, -0.25) is 5.32 Å². The maximum Gasteiger partial charge on any atom is 0.235 e. The van der Waals surface area contributed by atoms with Gasteiger partial charge in [0.25, 0.3) is 0 Å². The summed E-state index contributed by atoms with van der Waals surface area (Å²) in [6.07, 6.45) is 11.9. The quantitative estimate of drug-likeness (QED) is 0.384. The van der Waals surface area contributed by atoms with E-state index >= 15 is 0 Å². The SMILES string of the molecule is COc1cc(/C=C/C2=N[N+]3(c4cc(F)c(F)c(F)c4)CCCCC=C3N2)ccc1-n1cnc(C)c1. The number of allylic oxidation sites excluding steroid dienone is 1. The minimum Gasteiger partial charge on any atom is -0.495 e. The van der Waals surface area contributed by atoms with Gasteiger partial charge >= 0.3 is 0 Å². The van der Waals surface area contributed by atoms with Gasteiger partial charge in [-0.15, -0.1) is 4.59 Å². The van der Waals surface area contributed by atoms with Crippen LogP contribution < -0.4 is 14.6 Å². The van der Waals surface area contributed by atoms with Crippen LogP contribution in [0.3, 0.4) is 0 Å². The number of nitrogens with one attached hydrogen (secondary N) is 1. The number of amidine groups is 1. The van der Waals surface area contributed by atoms with Gasteiger partial charge in [-0.25, -0.2) is 18.2 Å². The zero-order chi connectivity index (χ0) is 24.6. The number of imidazole rings is 1. The molecule has 1 N–H and O–H groups in total. The van der Waals surface area contributed by atoms with Crippen LogP contribution in [0.15, 0.2) is 65.9 Å². The lowest BCUT2D eigenvalue weighted by atomic mass is 10.1. The third-order valence-corrected chi connectivity index (χ3v) is 6.23. The highest BCUT2D eigenvalue weighted by Gasteiger charge is 2.44. The Balaban J connectivity index is 1.48. The number of hydrogen-bond donors (Lipinski definition) is 1. The van der Waals surface area contributed by atoms with E-state index in [1.807, 2.05) is 54.1 Å². The van der Waals surface area contributed by atoms with E-state index < -0.39 is 17.5 Å². The van der Waals surface area contributed by atoms with Crippen molar-refractivity contribution >= 4 is 17.6 Å². The second kappa shape index (κ2) is 9.07. The minimum atomic E-state index is -1.48. The topological polar surface area (TPSA) is 51.4 Å². The third kappa shape index (κ3) is 4.23. The molecule has 3 aromatic rings. The first kappa shape index (κ1) is 22.9. The molecule has 5 rings (SSSR count). The van der Waals surface area contributed by atoms with Crippen molar-refractivity contribution in [1.29, 1.82) is 0 Å². The predicted octanol–water partition coefficient (Wildman–Crippen LogP) is 5.57. The predicted molar refractivity (Wildman–Crippen MR) is 129 cm³/mol. The zero-order valence-electron chi connectivity index (χ0n) is 19.4. The average Bonchev–Trinajstić information content (AvgIpc) is 3.38. The van der Waals surface area contributed by atoms with Crippen molar-refractivity contribution in [3.05, 3.63) is 89.5 Å². The number of nitrogens with zero attached hydrogens (tertiary/aromatic N) is 4. The summed E-state index contributed by atoms with van der Waals surface area (Å²) in [7, 11) is 1.61. The van der Waals surface area contributed by atoms with Gasteiger partial charge in [0.1, 0.15) is 12.3 Å². The van der Waals surface area contributed by atoms with Crippen LogP contribution in [0.5, 0.6) is 5.75 Å². The Kier molecular flexibility index (Phi) is 5.94. The standard InChI is InChI=1S/C26H25F3N5O/c1-17-15-33(16-30-17)22-9-7-18(12-23(22)35-2)8-10-24-31-25-6-4-3-5-11-34(25,32-24)19-13-20(27)26(29)21(28)14-19/h6-10,12-16H,3-5,11H2,1-2H3,(H,31,32)/q+1/b10-8+. The molecule has 0 spiro atoms. The molecule has 2 aliphatic rings. The van der Waals surface area contributed by atoms with Gasteiger partial charge in [-0.1, -0.05) is 17.2 Å². The smallest absolute Gasteiger partial charge is 0.235 e. The number of quaternary nitrogens is 1. The Hall–Kier alpha value is -3.85. The van der Waals surface area contributed by atoms with E-state index in [0.29, 0.717) is 24.0 Å². The normalized spacial score (nSPS) is 19.7. The molecule has 1 aromatic heterocycles. The fourth-order valence-corrected chi connectivity index (χ4v) is 4.48. The summed E-state index contributed by atoms with van der Waals surface area (Å²) < 4.78 is 49.2. The molecule has 2 aliphatic heterocycles. The van der Waals surface area contributed by atoms with Crippen LogP contribution >= 0.6 is 0 Å². The van der Waals surface area contributed by atoms with E-state index in [9.17, 15) is 13.2 Å². The number of aromatic nitrogens is 2. The van der Waals surface area contributed by atoms with Crippen molar-refractivity contribution in [1.82, 2.24) is 19.5 Å². The Bertz CT molecular complexity index is 1350. The van der Waals surface area contributed by atoms with Gasteiger partial charge in [-0.2, -0.15) is 0 Å². The molecule has 180 valence electrons. The number of methoxy groups -OCH3 is 1. The van der Waals surface area contributed by atoms with E-state index in [-0.39, 0.29) is 10.3 Å². The van der Waals surface area contributed by atoms with Crippen LogP contribution in [-0.4, -0.2) is 29.0 Å². The fraction of sp³-hybridized carbons (Fsp3) is 0.231. The van der Waals surface area contributed by atoms with E-state index in [4.69, 9.17) is 9.84 Å². The highest BCUT2D eigenvalue weighted by atomic mass is 19.2. The van der Waals surface area contributed by atoms with Crippen molar-refractivity contribution in [3.63, 3.8) is 0 Å². The zero-order valence-corrected chi connectivity index (χ0v) is 19.4. The Labute approximate surface area is 201 Å². The Morgan fingerprint density at radius 3 is 2.60 bits per heavy atom. The van der Waals surface area contributed by atoms with Crippen molar-refractivity contribution in [3.8, 4) is 11.4 Å². The summed E-state index contributed by atoms with van der Waals surface area (Å²) in [5, 5.41) is 8.08. The van der Waals surface area contributed by atoms with Gasteiger partial charge in [0.05, 0.1) is 24.8 Å². The summed E-state index contributed by atoms with van der Waals surface area (Å²) >= 11 is 0. The molecular weight excluding hydrogens is 455 g/mol. The lowest BCUT2D eigenvalue weighted by Crippen LogP contribution is -2.43. The van der Waals surface area contributed by atoms with Gasteiger partial charge in [0.15, 0.2) is 29.0 Å². The van der Waals surface area contributed by atoms with Crippen molar-refractivity contribution in [2.24, 2.45) is 5.10 Å². The molecule has 0 fully saturated rings. The molecule has 2 aromatic carbocycles. The first-order valence-corrected chi connectivity index (χ1v) is 11.4. The van der Waals surface area contributed by atoms with Gasteiger partial charge in [0.2, 0.25) is 5.82 Å². The van der Waals surface area contributed by atoms with Crippen LogP contribution in [0.25, 0.3) is 11.8 Å². The number of benzene rings is 2. The Morgan fingerprint density at radius 1 is 1.09 bits per heavy atom. The van der Waals surface area contributed by atoms with Crippen LogP contribution in [0.2, 0.25) is 0 Å². The molecule has 0 amide bonds. The number of hydrogen-bond acceptors (Lipinski definition) is 4. The fourth-order valence-electron chi connectivity index (χ4n) is 4.48. The van der Waals surface area contributed by atoms with Crippen LogP contribution in [0.1, 0.15) is 30.5 Å². The number of aryl methyl sites for hydroxylation is 1. The van der Waals surface area contributed by atoms with Crippen LogP contribution in [0.4, 0.5) is 18.9 Å². The van der Waals surface area contributed by atoms with Gasteiger partial charge < -0.3 is 9.30 Å². The monoisotopic (exact) mass is 480 g/mol. The highest BCUT2D eigenvalue weighted by Crippen LogP contribution is 2.37. The molecule has 1 unspecified atom stereocenters. The summed E-state index contributed by atoms with van der Waals surface area (Å²) in [5.41, 5.74) is 2.89. The summed E-state index contributed by atoms with van der Waals surface area (Å²) in [6.45, 7) is 2.43. The van der Waals surface area contributed by atoms with Crippen LogP contribution in [-0.2, 0) is 0 Å². The molecular formula is C26H25F3N5O+. The van der Waals surface area contributed by atoms with Crippen LogP contribution in [0, 0.1) is 24.4 Å². The molecule has 1 atom stereocenters. The lowest BCUT2D eigenvalue weighted by molar-refractivity contribution is 0.357. The first-order valence-electron chi connectivity index (χ1n) is 11.4. The molecule has 6 nitrogen and oxygen atoms in total. The maximum atomic E-state index is 14.1. The number of rotatable bonds is 5. The summed E-state index contributed by atoms with van der Waals surface area (Å²) in [6, 6.07) is 7.85. The maximum absolute atomic E-state index is 14.1. The molecule has 0 bridgehead atoms. The number of halogens is 3. The van der Waals surface area contributed by atoms with Crippen molar-refractivity contribution < 1.29 is 17.9 Å². The minimum absolute atomic E-state index is 0.129. The molecule has 3 heterocycles. The van der Waals surface area contributed by atoms with E-state index in [2.05, 4.69) is 10.3 Å². The Morgan fingerprint density at radius 2 is 1.89 bits per heavy atom.